The third-order valence-electron chi connectivity index (χ3n) is 2.96. The number of anilines is 2. The first-order chi connectivity index (χ1) is 10.0. The zero-order valence-electron chi connectivity index (χ0n) is 10.7. The van der Waals surface area contributed by atoms with Gasteiger partial charge in [0.15, 0.2) is 0 Å². The summed E-state index contributed by atoms with van der Waals surface area (Å²) >= 11 is 5.56. The summed E-state index contributed by atoms with van der Waals surface area (Å²) in [6.45, 7) is 1.40. The molecule has 6 nitrogen and oxygen atoms in total. The van der Waals surface area contributed by atoms with Crippen molar-refractivity contribution in [2.24, 2.45) is 0 Å². The summed E-state index contributed by atoms with van der Waals surface area (Å²) in [7, 11) is 0. The fourth-order valence-corrected chi connectivity index (χ4v) is 2.11. The Labute approximate surface area is 123 Å². The van der Waals surface area contributed by atoms with Gasteiger partial charge in [-0.1, -0.05) is 11.6 Å². The molecule has 1 aliphatic heterocycles. The molecule has 1 amide bonds. The number of hydrogen-bond donors (Lipinski definition) is 2. The number of aryl methyl sites for hydroxylation is 1. The molecule has 21 heavy (non-hydrogen) atoms. The number of rotatable bonds is 2. The molecule has 0 unspecified atom stereocenters. The summed E-state index contributed by atoms with van der Waals surface area (Å²) < 4.78 is 28.2. The third-order valence-corrected chi connectivity index (χ3v) is 3.25. The number of amides is 1. The van der Waals surface area contributed by atoms with Crippen LogP contribution >= 0.6 is 11.6 Å². The van der Waals surface area contributed by atoms with E-state index in [2.05, 4.69) is 20.7 Å². The van der Waals surface area contributed by atoms with Crippen molar-refractivity contribution in [3.05, 3.63) is 34.6 Å². The first kappa shape index (κ1) is 13.7. The molecule has 0 saturated heterocycles. The lowest BCUT2D eigenvalue weighted by Gasteiger charge is -2.12. The summed E-state index contributed by atoms with van der Waals surface area (Å²) in [5.41, 5.74) is -0.230. The van der Waals surface area contributed by atoms with Gasteiger partial charge in [0, 0.05) is 19.2 Å². The monoisotopic (exact) mass is 313 g/mol. The van der Waals surface area contributed by atoms with E-state index in [1.54, 1.807) is 4.68 Å². The van der Waals surface area contributed by atoms with E-state index in [0.29, 0.717) is 18.6 Å². The van der Waals surface area contributed by atoms with Crippen molar-refractivity contribution in [3.8, 4) is 0 Å². The molecule has 0 fully saturated rings. The van der Waals surface area contributed by atoms with Gasteiger partial charge in [-0.3, -0.25) is 4.79 Å². The lowest BCUT2D eigenvalue weighted by Crippen LogP contribution is -2.18. The summed E-state index contributed by atoms with van der Waals surface area (Å²) in [5, 5.41) is 9.00. The van der Waals surface area contributed by atoms with Gasteiger partial charge in [-0.15, -0.1) is 5.10 Å². The molecule has 9 heteroatoms. The first-order valence-corrected chi connectivity index (χ1v) is 6.57. The zero-order chi connectivity index (χ0) is 15.0. The van der Waals surface area contributed by atoms with Crippen molar-refractivity contribution >= 4 is 29.1 Å². The van der Waals surface area contributed by atoms with Gasteiger partial charge in [-0.25, -0.2) is 13.5 Å². The van der Waals surface area contributed by atoms with Gasteiger partial charge >= 0.3 is 0 Å². The number of carbonyl (C=O) groups is 1. The summed E-state index contributed by atoms with van der Waals surface area (Å²) in [4.78, 5) is 16.0. The molecule has 3 rings (SSSR count). The van der Waals surface area contributed by atoms with Gasteiger partial charge in [0.25, 0.3) is 5.91 Å². The highest BCUT2D eigenvalue weighted by Crippen LogP contribution is 2.23. The van der Waals surface area contributed by atoms with Crippen molar-refractivity contribution in [2.45, 2.75) is 13.0 Å². The fourth-order valence-electron chi connectivity index (χ4n) is 1.95. The first-order valence-electron chi connectivity index (χ1n) is 6.19. The van der Waals surface area contributed by atoms with E-state index in [1.807, 2.05) is 0 Å². The van der Waals surface area contributed by atoms with Crippen LogP contribution in [0.5, 0.6) is 0 Å². The number of nitrogens with one attached hydrogen (secondary N) is 2. The van der Waals surface area contributed by atoms with Crippen molar-refractivity contribution in [1.82, 2.24) is 14.8 Å². The Bertz CT molecular complexity index is 694. The summed E-state index contributed by atoms with van der Waals surface area (Å²) in [6, 6.07) is 1.60. The van der Waals surface area contributed by atoms with Crippen LogP contribution in [0.15, 0.2) is 12.1 Å². The van der Waals surface area contributed by atoms with E-state index >= 15 is 0 Å². The van der Waals surface area contributed by atoms with E-state index in [1.165, 1.54) is 0 Å². The number of benzene rings is 1. The van der Waals surface area contributed by atoms with Gasteiger partial charge in [0.2, 0.25) is 11.8 Å². The lowest BCUT2D eigenvalue weighted by molar-refractivity contribution is 0.101. The Morgan fingerprint density at radius 1 is 1.38 bits per heavy atom. The predicted octanol–water partition coefficient (Wildman–Crippen LogP) is 2.28. The molecule has 0 aliphatic carbocycles. The van der Waals surface area contributed by atoms with Crippen molar-refractivity contribution in [2.75, 3.05) is 17.2 Å². The molecule has 0 saturated carbocycles. The molecule has 1 aliphatic rings. The molecule has 0 radical (unpaired) electrons. The van der Waals surface area contributed by atoms with E-state index in [-0.39, 0.29) is 16.5 Å². The number of aromatic nitrogens is 3. The quantitative estimate of drug-likeness (QED) is 0.834. The Morgan fingerprint density at radius 2 is 2.19 bits per heavy atom. The second kappa shape index (κ2) is 5.28. The van der Waals surface area contributed by atoms with Crippen LogP contribution in [0, 0.1) is 11.6 Å². The third kappa shape index (κ3) is 2.66. The fraction of sp³-hybridized carbons (Fsp3) is 0.250. The molecule has 0 spiro atoms. The maximum Gasteiger partial charge on any atom is 0.295 e. The number of hydrogen-bond acceptors (Lipinski definition) is 4. The molecule has 1 aromatic heterocycles. The van der Waals surface area contributed by atoms with Gasteiger partial charge in [-0.05, 0) is 12.5 Å². The lowest BCUT2D eigenvalue weighted by atomic mass is 10.3. The summed E-state index contributed by atoms with van der Waals surface area (Å²) in [5.74, 6) is -2.12. The van der Waals surface area contributed by atoms with E-state index in [0.717, 1.165) is 19.0 Å². The largest absolute Gasteiger partial charge is 0.354 e. The highest BCUT2D eigenvalue weighted by atomic mass is 35.5. The van der Waals surface area contributed by atoms with Gasteiger partial charge in [0.05, 0.1) is 10.7 Å². The minimum absolute atomic E-state index is 0.0979. The maximum absolute atomic E-state index is 13.6. The Morgan fingerprint density at radius 3 is 2.95 bits per heavy atom. The Hall–Kier alpha value is -2.22. The average molecular weight is 314 g/mol. The molecular weight excluding hydrogens is 304 g/mol. The molecule has 0 atom stereocenters. The number of nitrogens with zero attached hydrogens (tertiary/aromatic N) is 3. The molecule has 0 bridgehead atoms. The van der Waals surface area contributed by atoms with Gasteiger partial charge in [0.1, 0.15) is 11.6 Å². The van der Waals surface area contributed by atoms with Crippen molar-refractivity contribution in [3.63, 3.8) is 0 Å². The molecule has 110 valence electrons. The standard InChI is InChI=1S/C12H10ClF2N5O/c13-6-4-9(8(15)5-7(6)14)17-11(21)10-18-12-16-2-1-3-20(12)19-10/h4-5H,1-3H2,(H,17,21)(H,16,18,19). The molecule has 2 heterocycles. The topological polar surface area (TPSA) is 71.8 Å². The Balaban J connectivity index is 1.83. The van der Waals surface area contributed by atoms with E-state index in [4.69, 9.17) is 11.6 Å². The molecule has 2 aromatic rings. The van der Waals surface area contributed by atoms with Crippen LogP contribution in [-0.4, -0.2) is 27.2 Å². The highest BCUT2D eigenvalue weighted by molar-refractivity contribution is 6.31. The van der Waals surface area contributed by atoms with Crippen LogP contribution in [0.3, 0.4) is 0 Å². The van der Waals surface area contributed by atoms with Crippen LogP contribution < -0.4 is 10.6 Å². The van der Waals surface area contributed by atoms with Crippen LogP contribution in [0.1, 0.15) is 17.0 Å². The van der Waals surface area contributed by atoms with Gasteiger partial charge in [-0.2, -0.15) is 4.98 Å². The summed E-state index contributed by atoms with van der Waals surface area (Å²) in [6.07, 6.45) is 0.875. The van der Waals surface area contributed by atoms with Crippen LogP contribution in [0.2, 0.25) is 5.02 Å². The van der Waals surface area contributed by atoms with Crippen LogP contribution in [0.4, 0.5) is 20.4 Å². The second-order valence-electron chi connectivity index (χ2n) is 4.46. The average Bonchev–Trinajstić information content (AvgIpc) is 2.88. The molecule has 2 N–H and O–H groups in total. The van der Waals surface area contributed by atoms with E-state index < -0.39 is 17.5 Å². The Kier molecular flexibility index (Phi) is 3.46. The van der Waals surface area contributed by atoms with Gasteiger partial charge < -0.3 is 10.6 Å². The molecule has 1 aromatic carbocycles. The van der Waals surface area contributed by atoms with Crippen molar-refractivity contribution < 1.29 is 13.6 Å². The predicted molar refractivity (Wildman–Crippen MR) is 72.4 cm³/mol. The number of carbonyl (C=O) groups excluding carboxylic acids is 1. The van der Waals surface area contributed by atoms with Crippen molar-refractivity contribution in [1.29, 1.82) is 0 Å². The smallest absolute Gasteiger partial charge is 0.295 e. The maximum atomic E-state index is 13.6. The SMILES string of the molecule is O=C(Nc1cc(Cl)c(F)cc1F)c1nc2n(n1)CCCN2. The molecular formula is C12H10ClF2N5O. The van der Waals surface area contributed by atoms with E-state index in [9.17, 15) is 13.6 Å². The highest BCUT2D eigenvalue weighted by Gasteiger charge is 2.20. The second-order valence-corrected chi connectivity index (χ2v) is 4.87. The minimum atomic E-state index is -0.924. The number of halogens is 3. The zero-order valence-corrected chi connectivity index (χ0v) is 11.4. The number of fused-ring (bicyclic) bond motifs is 1. The van der Waals surface area contributed by atoms with Crippen LogP contribution in [0.25, 0.3) is 0 Å². The van der Waals surface area contributed by atoms with Crippen LogP contribution in [-0.2, 0) is 6.54 Å². The normalized spacial score (nSPS) is 13.5. The minimum Gasteiger partial charge on any atom is -0.354 e.